The van der Waals surface area contributed by atoms with Crippen LogP contribution < -0.4 is 14.8 Å². The molecule has 0 aliphatic carbocycles. The largest absolute Gasteiger partial charge is 0.490 e. The van der Waals surface area contributed by atoms with Gasteiger partial charge in [0, 0.05) is 16.2 Å². The Morgan fingerprint density at radius 3 is 2.29 bits per heavy atom. The maximum atomic E-state index is 13.9. The van der Waals surface area contributed by atoms with Crippen LogP contribution in [0.5, 0.6) is 11.5 Å². The second-order valence-corrected chi connectivity index (χ2v) is 9.71. The fraction of sp³-hybridized carbons (Fsp3) is 0.345. The molecule has 0 fully saturated rings. The molecule has 38 heavy (non-hydrogen) atoms. The SMILES string of the molecule is CCOC(=O)C1=C(C)NC(=S)N(C(=O)/C(C)=C/c2ccc(SC)cc2)C1c1ccc(OCC)c(OCC)c1. The summed E-state index contributed by atoms with van der Waals surface area (Å²) in [6.07, 6.45) is 3.82. The number of benzene rings is 2. The van der Waals surface area contributed by atoms with Gasteiger partial charge < -0.3 is 19.5 Å². The average molecular weight is 555 g/mol. The van der Waals surface area contributed by atoms with Crippen LogP contribution in [-0.4, -0.2) is 48.0 Å². The Labute approximate surface area is 234 Å². The summed E-state index contributed by atoms with van der Waals surface area (Å²) < 4.78 is 17.0. The smallest absolute Gasteiger partial charge is 0.338 e. The third kappa shape index (κ3) is 6.57. The summed E-state index contributed by atoms with van der Waals surface area (Å²) in [6.45, 7) is 10.1. The maximum absolute atomic E-state index is 13.9. The van der Waals surface area contributed by atoms with E-state index in [2.05, 4.69) is 5.32 Å². The van der Waals surface area contributed by atoms with Gasteiger partial charge in [-0.2, -0.15) is 0 Å². The second-order valence-electron chi connectivity index (χ2n) is 8.44. The van der Waals surface area contributed by atoms with Crippen LogP contribution in [0.25, 0.3) is 6.08 Å². The first-order chi connectivity index (χ1) is 18.2. The highest BCUT2D eigenvalue weighted by molar-refractivity contribution is 7.98. The van der Waals surface area contributed by atoms with Gasteiger partial charge in [-0.25, -0.2) is 4.79 Å². The Kier molecular flexibility index (Phi) is 10.4. The minimum absolute atomic E-state index is 0.194. The highest BCUT2D eigenvalue weighted by atomic mass is 32.2. The monoisotopic (exact) mass is 554 g/mol. The number of nitrogens with zero attached hydrogens (tertiary/aromatic N) is 1. The van der Waals surface area contributed by atoms with Gasteiger partial charge in [0.25, 0.3) is 5.91 Å². The van der Waals surface area contributed by atoms with E-state index in [1.165, 1.54) is 4.90 Å². The summed E-state index contributed by atoms with van der Waals surface area (Å²) in [5.41, 5.74) is 2.84. The van der Waals surface area contributed by atoms with Gasteiger partial charge in [-0.05, 0) is 94.6 Å². The van der Waals surface area contributed by atoms with E-state index in [0.717, 1.165) is 10.5 Å². The van der Waals surface area contributed by atoms with E-state index in [1.807, 2.05) is 56.5 Å². The molecule has 0 aromatic heterocycles. The van der Waals surface area contributed by atoms with Gasteiger partial charge in [-0.15, -0.1) is 11.8 Å². The molecule has 0 spiro atoms. The number of esters is 1. The molecule has 2 aromatic carbocycles. The molecular formula is C29H34N2O5S2. The molecule has 1 atom stereocenters. The molecule has 9 heteroatoms. The number of ether oxygens (including phenoxy) is 3. The van der Waals surface area contributed by atoms with E-state index >= 15 is 0 Å². The van der Waals surface area contributed by atoms with Crippen LogP contribution in [-0.2, 0) is 14.3 Å². The Bertz CT molecular complexity index is 1250. The maximum Gasteiger partial charge on any atom is 0.338 e. The molecule has 202 valence electrons. The van der Waals surface area contributed by atoms with Gasteiger partial charge in [-0.1, -0.05) is 18.2 Å². The van der Waals surface area contributed by atoms with Crippen LogP contribution in [0.2, 0.25) is 0 Å². The normalized spacial score (nSPS) is 15.7. The molecule has 3 rings (SSSR count). The van der Waals surface area contributed by atoms with Crippen molar-refractivity contribution in [2.24, 2.45) is 0 Å². The number of rotatable bonds is 10. The molecule has 0 saturated carbocycles. The van der Waals surface area contributed by atoms with Crippen molar-refractivity contribution in [3.8, 4) is 11.5 Å². The Hall–Kier alpha value is -3.30. The molecule has 0 radical (unpaired) electrons. The first kappa shape index (κ1) is 29.3. The summed E-state index contributed by atoms with van der Waals surface area (Å²) in [6, 6.07) is 12.5. The van der Waals surface area contributed by atoms with E-state index < -0.39 is 12.0 Å². The lowest BCUT2D eigenvalue weighted by molar-refractivity contribution is -0.139. The van der Waals surface area contributed by atoms with Crippen LogP contribution in [0.4, 0.5) is 0 Å². The molecule has 1 aliphatic heterocycles. The minimum Gasteiger partial charge on any atom is -0.490 e. The van der Waals surface area contributed by atoms with Crippen LogP contribution >= 0.6 is 24.0 Å². The third-order valence-corrected chi connectivity index (χ3v) is 6.92. The van der Waals surface area contributed by atoms with E-state index in [9.17, 15) is 9.59 Å². The molecule has 1 amide bonds. The van der Waals surface area contributed by atoms with Crippen molar-refractivity contribution in [1.29, 1.82) is 0 Å². The van der Waals surface area contributed by atoms with Crippen molar-refractivity contribution < 1.29 is 23.8 Å². The van der Waals surface area contributed by atoms with Crippen LogP contribution in [0.15, 0.2) is 64.2 Å². The van der Waals surface area contributed by atoms with Crippen LogP contribution in [0, 0.1) is 0 Å². The van der Waals surface area contributed by atoms with Gasteiger partial charge in [-0.3, -0.25) is 9.69 Å². The third-order valence-electron chi connectivity index (χ3n) is 5.88. The highest BCUT2D eigenvalue weighted by Gasteiger charge is 2.40. The molecule has 0 bridgehead atoms. The predicted octanol–water partition coefficient (Wildman–Crippen LogP) is 5.90. The number of carbonyl (C=O) groups is 2. The fourth-order valence-electron chi connectivity index (χ4n) is 4.18. The van der Waals surface area contributed by atoms with E-state index in [0.29, 0.717) is 47.1 Å². The lowest BCUT2D eigenvalue weighted by atomic mass is 9.92. The van der Waals surface area contributed by atoms with Crippen molar-refractivity contribution in [2.45, 2.75) is 45.6 Å². The summed E-state index contributed by atoms with van der Waals surface area (Å²) >= 11 is 7.30. The van der Waals surface area contributed by atoms with Gasteiger partial charge in [0.05, 0.1) is 31.4 Å². The van der Waals surface area contributed by atoms with Crippen molar-refractivity contribution in [3.05, 3.63) is 70.4 Å². The summed E-state index contributed by atoms with van der Waals surface area (Å²) in [4.78, 5) is 29.7. The lowest BCUT2D eigenvalue weighted by Gasteiger charge is -2.38. The average Bonchev–Trinajstić information content (AvgIpc) is 2.89. The molecule has 1 aliphatic rings. The molecule has 2 aromatic rings. The van der Waals surface area contributed by atoms with Gasteiger partial charge in [0.15, 0.2) is 16.6 Å². The summed E-state index contributed by atoms with van der Waals surface area (Å²) in [5.74, 6) is 0.243. The van der Waals surface area contributed by atoms with Crippen LogP contribution in [0.1, 0.15) is 51.8 Å². The van der Waals surface area contributed by atoms with Crippen LogP contribution in [0.3, 0.4) is 0 Å². The first-order valence-electron chi connectivity index (χ1n) is 12.5. The van der Waals surface area contributed by atoms with Crippen molar-refractivity contribution in [3.63, 3.8) is 0 Å². The number of amides is 1. The number of thiocarbonyl (C=S) groups is 1. The zero-order chi connectivity index (χ0) is 27.8. The Balaban J connectivity index is 2.14. The molecule has 0 saturated heterocycles. The second kappa shape index (κ2) is 13.5. The molecule has 7 nitrogen and oxygen atoms in total. The lowest BCUT2D eigenvalue weighted by Crippen LogP contribution is -2.51. The Morgan fingerprint density at radius 1 is 1.03 bits per heavy atom. The van der Waals surface area contributed by atoms with E-state index in [4.69, 9.17) is 26.4 Å². The molecule has 1 heterocycles. The highest BCUT2D eigenvalue weighted by Crippen LogP contribution is 2.39. The van der Waals surface area contributed by atoms with Gasteiger partial charge >= 0.3 is 5.97 Å². The number of carbonyl (C=O) groups excluding carboxylic acids is 2. The minimum atomic E-state index is -0.826. The standard InChI is InChI=1S/C29H34N2O5S2/c1-7-34-23-15-12-21(17-24(23)35-8-2)26-25(28(33)36-9-3)19(5)30-29(37)31(26)27(32)18(4)16-20-10-13-22(38-6)14-11-20/h10-17,26H,7-9H2,1-6H3,(H,30,37)/b18-16+. The number of nitrogens with one attached hydrogen (secondary N) is 1. The predicted molar refractivity (Wildman–Crippen MR) is 155 cm³/mol. The first-order valence-corrected chi connectivity index (χ1v) is 14.1. The Morgan fingerprint density at radius 2 is 1.68 bits per heavy atom. The zero-order valence-corrected chi connectivity index (χ0v) is 24.3. The van der Waals surface area contributed by atoms with Gasteiger partial charge in [0.1, 0.15) is 0 Å². The summed E-state index contributed by atoms with van der Waals surface area (Å²) in [5, 5.41) is 3.23. The zero-order valence-electron chi connectivity index (χ0n) is 22.6. The van der Waals surface area contributed by atoms with Crippen molar-refractivity contribution in [1.82, 2.24) is 10.2 Å². The van der Waals surface area contributed by atoms with E-state index in [1.54, 1.807) is 44.7 Å². The van der Waals surface area contributed by atoms with Crippen molar-refractivity contribution in [2.75, 3.05) is 26.1 Å². The molecule has 1 unspecified atom stereocenters. The molecular weight excluding hydrogens is 520 g/mol. The topological polar surface area (TPSA) is 77.1 Å². The van der Waals surface area contributed by atoms with Gasteiger partial charge in [0.2, 0.25) is 0 Å². The quantitative estimate of drug-likeness (QED) is 0.168. The van der Waals surface area contributed by atoms with E-state index in [-0.39, 0.29) is 17.6 Å². The number of allylic oxidation sites excluding steroid dienone is 1. The molecule has 1 N–H and O–H groups in total. The summed E-state index contributed by atoms with van der Waals surface area (Å²) in [7, 11) is 0. The number of hydrogen-bond donors (Lipinski definition) is 1. The fourth-order valence-corrected chi connectivity index (χ4v) is 4.93. The number of thioether (sulfide) groups is 1. The number of hydrogen-bond acceptors (Lipinski definition) is 7. The van der Waals surface area contributed by atoms with Crippen molar-refractivity contribution >= 4 is 47.0 Å².